The quantitative estimate of drug-likeness (QED) is 0.525. The van der Waals surface area contributed by atoms with Gasteiger partial charge in [-0.05, 0) is 0 Å². The van der Waals surface area contributed by atoms with E-state index in [4.69, 9.17) is 5.11 Å². The molecule has 0 saturated carbocycles. The summed E-state index contributed by atoms with van der Waals surface area (Å²) in [5.41, 5.74) is 0. The van der Waals surface area contributed by atoms with Gasteiger partial charge in [-0.3, -0.25) is 0 Å². The maximum absolute atomic E-state index is 8.10. The van der Waals surface area contributed by atoms with Crippen molar-refractivity contribution in [2.45, 2.75) is 0 Å². The first-order valence-electron chi connectivity index (χ1n) is 1.36. The van der Waals surface area contributed by atoms with Crippen LogP contribution >= 0.6 is 31.9 Å². The summed E-state index contributed by atoms with van der Waals surface area (Å²) in [4.78, 5) is 0. The number of halogens is 2. The molecular weight excluding hydrogens is 212 g/mol. The van der Waals surface area contributed by atoms with E-state index in [1.807, 2.05) is 0 Å². The minimum atomic E-state index is 0.670. The standard InChI is InChI=1S/C3H4Br2O/c4-1-3(5)2-6/h2,6H,1H2/b3-2+. The Bertz CT molecular complexity index is 59.8. The average Bonchev–Trinajstić information content (AvgIpc) is 1.65. The molecule has 0 fully saturated rings. The molecule has 3 heteroatoms. The molecule has 0 rings (SSSR count). The van der Waals surface area contributed by atoms with E-state index in [-0.39, 0.29) is 0 Å². The molecule has 0 aromatic rings. The summed E-state index contributed by atoms with van der Waals surface area (Å²) in [6.45, 7) is 0. The summed E-state index contributed by atoms with van der Waals surface area (Å²) in [6.07, 6.45) is 1.01. The normalized spacial score (nSPS) is 12.0. The van der Waals surface area contributed by atoms with E-state index in [2.05, 4.69) is 31.9 Å². The topological polar surface area (TPSA) is 20.2 Å². The van der Waals surface area contributed by atoms with Gasteiger partial charge in [0.2, 0.25) is 0 Å². The lowest BCUT2D eigenvalue weighted by Crippen LogP contribution is -1.66. The van der Waals surface area contributed by atoms with Crippen LogP contribution in [0.5, 0.6) is 0 Å². The van der Waals surface area contributed by atoms with Crippen molar-refractivity contribution < 1.29 is 5.11 Å². The summed E-state index contributed by atoms with van der Waals surface area (Å²) in [6, 6.07) is 0. The first kappa shape index (κ1) is 6.50. The lowest BCUT2D eigenvalue weighted by Gasteiger charge is -1.79. The number of aliphatic hydroxyl groups excluding tert-OH is 1. The summed E-state index contributed by atoms with van der Waals surface area (Å²) in [5, 5.41) is 8.77. The summed E-state index contributed by atoms with van der Waals surface area (Å²) in [7, 11) is 0. The van der Waals surface area contributed by atoms with Crippen LogP contribution in [0, 0.1) is 0 Å². The van der Waals surface area contributed by atoms with Crippen molar-refractivity contribution in [2.24, 2.45) is 0 Å². The van der Waals surface area contributed by atoms with Crippen LogP contribution in [0.1, 0.15) is 0 Å². The number of hydrogen-bond acceptors (Lipinski definition) is 1. The molecule has 1 nitrogen and oxygen atoms in total. The highest BCUT2D eigenvalue weighted by Gasteiger charge is 1.80. The van der Waals surface area contributed by atoms with Gasteiger partial charge in [0.15, 0.2) is 0 Å². The molecule has 0 aliphatic heterocycles. The van der Waals surface area contributed by atoms with Gasteiger partial charge >= 0.3 is 0 Å². The third kappa shape index (κ3) is 2.72. The van der Waals surface area contributed by atoms with Crippen LogP contribution in [0.3, 0.4) is 0 Å². The second kappa shape index (κ2) is 3.68. The molecule has 0 aromatic heterocycles. The van der Waals surface area contributed by atoms with Crippen LogP contribution in [-0.2, 0) is 0 Å². The monoisotopic (exact) mass is 214 g/mol. The van der Waals surface area contributed by atoms with Crippen molar-refractivity contribution in [3.8, 4) is 0 Å². The molecule has 36 valence electrons. The Morgan fingerprint density at radius 1 is 1.83 bits per heavy atom. The Morgan fingerprint density at radius 3 is 2.33 bits per heavy atom. The Morgan fingerprint density at radius 2 is 2.33 bits per heavy atom. The Hall–Kier alpha value is 0.500. The SMILES string of the molecule is O/C=C(/Br)CBr. The fraction of sp³-hybridized carbons (Fsp3) is 0.333. The van der Waals surface area contributed by atoms with Gasteiger partial charge in [0.1, 0.15) is 0 Å². The minimum absolute atomic E-state index is 0.670. The minimum Gasteiger partial charge on any atom is -0.515 e. The molecule has 0 aliphatic rings. The second-order valence-corrected chi connectivity index (χ2v) is 2.29. The average molecular weight is 216 g/mol. The Kier molecular flexibility index (Phi) is 3.99. The molecule has 0 amide bonds. The van der Waals surface area contributed by atoms with Gasteiger partial charge in [0.05, 0.1) is 6.26 Å². The van der Waals surface area contributed by atoms with Gasteiger partial charge in [0, 0.05) is 9.81 Å². The first-order valence-corrected chi connectivity index (χ1v) is 3.27. The lowest BCUT2D eigenvalue weighted by molar-refractivity contribution is 0.472. The molecule has 0 spiro atoms. The molecular formula is C3H4Br2O. The van der Waals surface area contributed by atoms with Crippen LogP contribution in [0.2, 0.25) is 0 Å². The third-order valence-electron chi connectivity index (χ3n) is 0.268. The van der Waals surface area contributed by atoms with E-state index in [0.717, 1.165) is 10.7 Å². The molecule has 0 heterocycles. The van der Waals surface area contributed by atoms with E-state index in [1.54, 1.807) is 0 Å². The largest absolute Gasteiger partial charge is 0.515 e. The number of alkyl halides is 1. The molecule has 6 heavy (non-hydrogen) atoms. The maximum Gasteiger partial charge on any atom is 0.0901 e. The van der Waals surface area contributed by atoms with Crippen molar-refractivity contribution >= 4 is 31.9 Å². The van der Waals surface area contributed by atoms with E-state index in [1.165, 1.54) is 0 Å². The number of allylic oxidation sites excluding steroid dienone is 1. The van der Waals surface area contributed by atoms with Gasteiger partial charge in [-0.25, -0.2) is 0 Å². The van der Waals surface area contributed by atoms with E-state index < -0.39 is 0 Å². The zero-order valence-electron chi connectivity index (χ0n) is 2.99. The Balaban J connectivity index is 3.22. The number of hydrogen-bond donors (Lipinski definition) is 1. The molecule has 1 N–H and O–H groups in total. The lowest BCUT2D eigenvalue weighted by atomic mass is 10.7. The third-order valence-corrected chi connectivity index (χ3v) is 2.11. The van der Waals surface area contributed by atoms with Crippen LogP contribution < -0.4 is 0 Å². The molecule has 0 bridgehead atoms. The molecule has 0 unspecified atom stereocenters. The number of rotatable bonds is 1. The van der Waals surface area contributed by atoms with E-state index in [0.29, 0.717) is 5.33 Å². The van der Waals surface area contributed by atoms with E-state index >= 15 is 0 Å². The molecule has 0 saturated heterocycles. The predicted molar refractivity (Wildman–Crippen MR) is 33.4 cm³/mol. The number of aliphatic hydroxyl groups is 1. The fourth-order valence-corrected chi connectivity index (χ4v) is 0.179. The van der Waals surface area contributed by atoms with Crippen LogP contribution in [0.25, 0.3) is 0 Å². The highest BCUT2D eigenvalue weighted by atomic mass is 79.9. The zero-order valence-corrected chi connectivity index (χ0v) is 6.16. The fourth-order valence-electron chi connectivity index (χ4n) is 0.0345. The molecule has 0 aromatic carbocycles. The van der Waals surface area contributed by atoms with Crippen molar-refractivity contribution in [3.05, 3.63) is 10.7 Å². The summed E-state index contributed by atoms with van der Waals surface area (Å²) in [5.74, 6) is 0. The van der Waals surface area contributed by atoms with Crippen molar-refractivity contribution in [1.29, 1.82) is 0 Å². The summed E-state index contributed by atoms with van der Waals surface area (Å²) >= 11 is 6.14. The van der Waals surface area contributed by atoms with Crippen LogP contribution in [-0.4, -0.2) is 10.4 Å². The molecule has 0 radical (unpaired) electrons. The van der Waals surface area contributed by atoms with Gasteiger partial charge < -0.3 is 5.11 Å². The van der Waals surface area contributed by atoms with Gasteiger partial charge in [0.25, 0.3) is 0 Å². The highest BCUT2D eigenvalue weighted by molar-refractivity contribution is 9.13. The molecule has 0 aliphatic carbocycles. The van der Waals surface area contributed by atoms with E-state index in [9.17, 15) is 0 Å². The zero-order chi connectivity index (χ0) is 4.99. The van der Waals surface area contributed by atoms with Gasteiger partial charge in [-0.1, -0.05) is 31.9 Å². The van der Waals surface area contributed by atoms with Crippen molar-refractivity contribution in [3.63, 3.8) is 0 Å². The second-order valence-electron chi connectivity index (χ2n) is 0.710. The van der Waals surface area contributed by atoms with Crippen LogP contribution in [0.15, 0.2) is 10.7 Å². The first-order chi connectivity index (χ1) is 2.81. The van der Waals surface area contributed by atoms with Gasteiger partial charge in [-0.15, -0.1) is 0 Å². The summed E-state index contributed by atoms with van der Waals surface area (Å²) < 4.78 is 0.752. The van der Waals surface area contributed by atoms with Gasteiger partial charge in [-0.2, -0.15) is 0 Å². The van der Waals surface area contributed by atoms with Crippen molar-refractivity contribution in [1.82, 2.24) is 0 Å². The Labute approximate surface area is 53.3 Å². The van der Waals surface area contributed by atoms with Crippen molar-refractivity contribution in [2.75, 3.05) is 5.33 Å². The maximum atomic E-state index is 8.10. The molecule has 0 atom stereocenters. The predicted octanol–water partition coefficient (Wildman–Crippen LogP) is 2.18. The van der Waals surface area contributed by atoms with Crippen LogP contribution in [0.4, 0.5) is 0 Å². The highest BCUT2D eigenvalue weighted by Crippen LogP contribution is 2.04. The smallest absolute Gasteiger partial charge is 0.0901 e.